The van der Waals surface area contributed by atoms with E-state index in [9.17, 15) is 9.59 Å². The fourth-order valence-electron chi connectivity index (χ4n) is 4.93. The summed E-state index contributed by atoms with van der Waals surface area (Å²) in [5.41, 5.74) is 2.46. The second-order valence-electron chi connectivity index (χ2n) is 8.17. The zero-order chi connectivity index (χ0) is 18.8. The first-order chi connectivity index (χ1) is 13.2. The van der Waals surface area contributed by atoms with Crippen molar-refractivity contribution in [3.63, 3.8) is 0 Å². The van der Waals surface area contributed by atoms with Gasteiger partial charge >= 0.3 is 0 Å². The molecule has 0 N–H and O–H groups in total. The van der Waals surface area contributed by atoms with Gasteiger partial charge in [0, 0.05) is 25.6 Å². The lowest BCUT2D eigenvalue weighted by molar-refractivity contribution is -0.147. The molecule has 1 aromatic carbocycles. The van der Waals surface area contributed by atoms with Gasteiger partial charge in [-0.3, -0.25) is 9.59 Å². The van der Waals surface area contributed by atoms with Gasteiger partial charge in [0.15, 0.2) is 0 Å². The summed E-state index contributed by atoms with van der Waals surface area (Å²) in [6.07, 6.45) is 8.13. The molecule has 1 saturated heterocycles. The van der Waals surface area contributed by atoms with Gasteiger partial charge in [0.2, 0.25) is 11.8 Å². The van der Waals surface area contributed by atoms with Crippen molar-refractivity contribution >= 4 is 11.8 Å². The van der Waals surface area contributed by atoms with Gasteiger partial charge in [0.1, 0.15) is 11.8 Å². The van der Waals surface area contributed by atoms with E-state index in [4.69, 9.17) is 4.74 Å². The Kier molecular flexibility index (Phi) is 5.37. The molecule has 1 aliphatic carbocycles. The highest BCUT2D eigenvalue weighted by Crippen LogP contribution is 2.31. The molecule has 1 atom stereocenters. The number of amides is 2. The van der Waals surface area contributed by atoms with Crippen LogP contribution in [0.2, 0.25) is 0 Å². The summed E-state index contributed by atoms with van der Waals surface area (Å²) in [7, 11) is 1.67. The van der Waals surface area contributed by atoms with Crippen LogP contribution in [0.15, 0.2) is 18.2 Å². The number of hydrogen-bond acceptors (Lipinski definition) is 3. The Bertz CT molecular complexity index is 712. The summed E-state index contributed by atoms with van der Waals surface area (Å²) >= 11 is 0. The number of hydrogen-bond donors (Lipinski definition) is 0. The van der Waals surface area contributed by atoms with Crippen LogP contribution in [-0.4, -0.2) is 47.9 Å². The van der Waals surface area contributed by atoms with Crippen LogP contribution < -0.4 is 4.74 Å². The number of carbonyl (C=O) groups is 2. The highest BCUT2D eigenvalue weighted by atomic mass is 16.5. The van der Waals surface area contributed by atoms with Crippen molar-refractivity contribution in [3.05, 3.63) is 29.3 Å². The van der Waals surface area contributed by atoms with E-state index in [1.165, 1.54) is 12.0 Å². The Balaban J connectivity index is 1.46. The average Bonchev–Trinajstić information content (AvgIpc) is 3.22. The minimum Gasteiger partial charge on any atom is -0.497 e. The molecule has 2 aliphatic heterocycles. The Labute approximate surface area is 161 Å². The standard InChI is InChI=1S/C22H30N2O3/c1-27-19-10-9-16-11-13-23(15-18(16)14-19)22(26)20-8-5-12-24(20)21(25)17-6-3-2-4-7-17/h9-10,14,17,20H,2-8,11-13,15H2,1H3. The van der Waals surface area contributed by atoms with Gasteiger partial charge in [-0.05, 0) is 55.4 Å². The van der Waals surface area contributed by atoms with Crippen LogP contribution in [0.25, 0.3) is 0 Å². The monoisotopic (exact) mass is 370 g/mol. The lowest BCUT2D eigenvalue weighted by Crippen LogP contribution is -2.50. The van der Waals surface area contributed by atoms with Crippen LogP contribution in [0.3, 0.4) is 0 Å². The topological polar surface area (TPSA) is 49.9 Å². The molecule has 5 nitrogen and oxygen atoms in total. The van der Waals surface area contributed by atoms with E-state index < -0.39 is 0 Å². The number of methoxy groups -OCH3 is 1. The maximum absolute atomic E-state index is 13.3. The molecule has 3 aliphatic rings. The molecule has 2 fully saturated rings. The van der Waals surface area contributed by atoms with Gasteiger partial charge in [0.05, 0.1) is 7.11 Å². The van der Waals surface area contributed by atoms with E-state index in [0.29, 0.717) is 6.54 Å². The van der Waals surface area contributed by atoms with Crippen molar-refractivity contribution in [2.45, 2.75) is 64.0 Å². The van der Waals surface area contributed by atoms with Crippen molar-refractivity contribution in [2.24, 2.45) is 5.92 Å². The maximum atomic E-state index is 13.3. The van der Waals surface area contributed by atoms with E-state index >= 15 is 0 Å². The first-order valence-electron chi connectivity index (χ1n) is 10.4. The fraction of sp³-hybridized carbons (Fsp3) is 0.636. The predicted molar refractivity (Wildman–Crippen MR) is 103 cm³/mol. The average molecular weight is 370 g/mol. The Hall–Kier alpha value is -2.04. The Morgan fingerprint density at radius 2 is 1.78 bits per heavy atom. The Morgan fingerprint density at radius 3 is 2.56 bits per heavy atom. The molecule has 0 aromatic heterocycles. The molecule has 146 valence electrons. The van der Waals surface area contributed by atoms with Crippen LogP contribution in [0.1, 0.15) is 56.1 Å². The molecule has 27 heavy (non-hydrogen) atoms. The SMILES string of the molecule is COc1ccc2c(c1)CN(C(=O)C1CCCN1C(=O)C1CCCCC1)CC2. The zero-order valence-corrected chi connectivity index (χ0v) is 16.3. The molecule has 0 bridgehead atoms. The number of nitrogens with zero attached hydrogens (tertiary/aromatic N) is 2. The summed E-state index contributed by atoms with van der Waals surface area (Å²) in [6, 6.07) is 5.86. The van der Waals surface area contributed by atoms with Gasteiger partial charge in [-0.25, -0.2) is 0 Å². The second-order valence-corrected chi connectivity index (χ2v) is 8.17. The molecular formula is C22H30N2O3. The molecule has 0 radical (unpaired) electrons. The fourth-order valence-corrected chi connectivity index (χ4v) is 4.93. The number of likely N-dealkylation sites (tertiary alicyclic amines) is 1. The van der Waals surface area contributed by atoms with Crippen molar-refractivity contribution in [3.8, 4) is 5.75 Å². The van der Waals surface area contributed by atoms with E-state index in [1.807, 2.05) is 21.9 Å². The van der Waals surface area contributed by atoms with Gasteiger partial charge in [0.25, 0.3) is 0 Å². The van der Waals surface area contributed by atoms with Gasteiger partial charge in [-0.1, -0.05) is 25.3 Å². The lowest BCUT2D eigenvalue weighted by atomic mass is 9.88. The summed E-state index contributed by atoms with van der Waals surface area (Å²) in [5.74, 6) is 1.33. The van der Waals surface area contributed by atoms with Crippen LogP contribution in [0.4, 0.5) is 0 Å². The third-order valence-electron chi connectivity index (χ3n) is 6.51. The molecule has 1 unspecified atom stereocenters. The molecule has 2 amide bonds. The maximum Gasteiger partial charge on any atom is 0.245 e. The van der Waals surface area contributed by atoms with Crippen molar-refractivity contribution in [2.75, 3.05) is 20.2 Å². The van der Waals surface area contributed by atoms with Crippen LogP contribution >= 0.6 is 0 Å². The molecule has 1 saturated carbocycles. The third kappa shape index (κ3) is 3.69. The van der Waals surface area contributed by atoms with Crippen molar-refractivity contribution < 1.29 is 14.3 Å². The van der Waals surface area contributed by atoms with E-state index in [1.54, 1.807) is 7.11 Å². The van der Waals surface area contributed by atoms with Crippen LogP contribution in [-0.2, 0) is 22.6 Å². The minimum absolute atomic E-state index is 0.130. The van der Waals surface area contributed by atoms with Gasteiger partial charge < -0.3 is 14.5 Å². The van der Waals surface area contributed by atoms with Gasteiger partial charge in [-0.2, -0.15) is 0 Å². The van der Waals surface area contributed by atoms with E-state index in [0.717, 1.165) is 69.3 Å². The third-order valence-corrected chi connectivity index (χ3v) is 6.51. The lowest BCUT2D eigenvalue weighted by Gasteiger charge is -2.35. The summed E-state index contributed by atoms with van der Waals surface area (Å²) in [6.45, 7) is 2.09. The largest absolute Gasteiger partial charge is 0.497 e. The van der Waals surface area contributed by atoms with Crippen molar-refractivity contribution in [1.29, 1.82) is 0 Å². The molecule has 5 heteroatoms. The zero-order valence-electron chi connectivity index (χ0n) is 16.3. The predicted octanol–water partition coefficient (Wildman–Crippen LogP) is 3.15. The second kappa shape index (κ2) is 7.91. The first-order valence-corrected chi connectivity index (χ1v) is 10.4. The summed E-state index contributed by atoms with van der Waals surface area (Å²) < 4.78 is 5.34. The normalized spacial score (nSPS) is 23.2. The number of carbonyl (C=O) groups excluding carboxylic acids is 2. The number of rotatable bonds is 3. The minimum atomic E-state index is -0.258. The van der Waals surface area contributed by atoms with Crippen LogP contribution in [0, 0.1) is 5.92 Å². The summed E-state index contributed by atoms with van der Waals surface area (Å²) in [4.78, 5) is 30.1. The molecular weight excluding hydrogens is 340 g/mol. The Morgan fingerprint density at radius 1 is 0.963 bits per heavy atom. The number of benzene rings is 1. The quantitative estimate of drug-likeness (QED) is 0.821. The number of fused-ring (bicyclic) bond motifs is 1. The molecule has 2 heterocycles. The molecule has 4 rings (SSSR count). The van der Waals surface area contributed by atoms with Crippen molar-refractivity contribution in [1.82, 2.24) is 9.80 Å². The van der Waals surface area contributed by atoms with E-state index in [2.05, 4.69) is 6.07 Å². The van der Waals surface area contributed by atoms with Crippen LogP contribution in [0.5, 0.6) is 5.75 Å². The number of ether oxygens (including phenoxy) is 1. The summed E-state index contributed by atoms with van der Waals surface area (Å²) in [5, 5.41) is 0. The first kappa shape index (κ1) is 18.3. The molecule has 0 spiro atoms. The van der Waals surface area contributed by atoms with E-state index in [-0.39, 0.29) is 23.8 Å². The highest BCUT2D eigenvalue weighted by Gasteiger charge is 2.39. The smallest absolute Gasteiger partial charge is 0.245 e. The molecule has 1 aromatic rings. The highest BCUT2D eigenvalue weighted by molar-refractivity contribution is 5.89. The van der Waals surface area contributed by atoms with Gasteiger partial charge in [-0.15, -0.1) is 0 Å².